The van der Waals surface area contributed by atoms with Crippen molar-refractivity contribution >= 4 is 6.08 Å². The number of hydrogen-bond acceptors (Lipinski definition) is 0. The second-order valence-electron chi connectivity index (χ2n) is 3.08. The van der Waals surface area contributed by atoms with Gasteiger partial charge in [-0.3, -0.25) is 0 Å². The molecule has 0 atom stereocenters. The molecule has 1 rings (SSSR count). The van der Waals surface area contributed by atoms with Gasteiger partial charge in [-0.25, -0.2) is 0 Å². The predicted octanol–water partition coefficient (Wildman–Crippen LogP) is 3.48. The molecule has 0 aliphatic rings. The average Bonchev–Trinajstić information content (AvgIpc) is 2.18. The van der Waals surface area contributed by atoms with Crippen molar-refractivity contribution in [2.45, 2.75) is 20.3 Å². The quantitative estimate of drug-likeness (QED) is 0.596. The van der Waals surface area contributed by atoms with Gasteiger partial charge in [0.15, 0.2) is 0 Å². The molecule has 66 valence electrons. The zero-order valence-corrected chi connectivity index (χ0v) is 8.17. The van der Waals surface area contributed by atoms with E-state index in [-0.39, 0.29) is 0 Å². The molecule has 0 bridgehead atoms. The highest BCUT2D eigenvalue weighted by molar-refractivity contribution is 5.60. The lowest BCUT2D eigenvalue weighted by Crippen LogP contribution is -1.81. The summed E-state index contributed by atoms with van der Waals surface area (Å²) in [6.07, 6.45) is 8.60. The van der Waals surface area contributed by atoms with Crippen molar-refractivity contribution in [1.82, 2.24) is 0 Å². The summed E-state index contributed by atoms with van der Waals surface area (Å²) in [6, 6.07) is 7.99. The molecule has 0 fully saturated rings. The van der Waals surface area contributed by atoms with Crippen LogP contribution in [0.4, 0.5) is 0 Å². The van der Waals surface area contributed by atoms with Crippen molar-refractivity contribution in [2.24, 2.45) is 0 Å². The molecule has 0 saturated carbocycles. The smallest absolute Gasteiger partial charge is 0.0314 e. The fourth-order valence-electron chi connectivity index (χ4n) is 1.12. The summed E-state index contributed by atoms with van der Waals surface area (Å²) < 4.78 is 0. The summed E-state index contributed by atoms with van der Waals surface area (Å²) >= 11 is 0. The molecule has 0 unspecified atom stereocenters. The van der Waals surface area contributed by atoms with E-state index >= 15 is 0 Å². The van der Waals surface area contributed by atoms with Gasteiger partial charge in [-0.05, 0) is 25.0 Å². The van der Waals surface area contributed by atoms with E-state index < -0.39 is 0 Å². The number of allylic oxidation sites excluding steroid dienone is 1. The minimum Gasteiger partial charge on any atom is -0.115 e. The molecule has 0 amide bonds. The Labute approximate surface area is 80.3 Å². The van der Waals surface area contributed by atoms with Gasteiger partial charge in [0.25, 0.3) is 0 Å². The van der Waals surface area contributed by atoms with Crippen LogP contribution in [0.5, 0.6) is 0 Å². The Morgan fingerprint density at radius 3 is 2.77 bits per heavy atom. The maximum atomic E-state index is 5.39. The van der Waals surface area contributed by atoms with Gasteiger partial charge in [-0.2, -0.15) is 0 Å². The molecule has 0 aromatic heterocycles. The van der Waals surface area contributed by atoms with Crippen LogP contribution < -0.4 is 0 Å². The van der Waals surface area contributed by atoms with E-state index in [1.807, 2.05) is 24.3 Å². The van der Waals surface area contributed by atoms with Crippen molar-refractivity contribution in [1.29, 1.82) is 0 Å². The lowest BCUT2D eigenvalue weighted by molar-refractivity contribution is 1.11. The van der Waals surface area contributed by atoms with Crippen LogP contribution in [-0.2, 0) is 0 Å². The Morgan fingerprint density at radius 2 is 2.15 bits per heavy atom. The molecule has 13 heavy (non-hydrogen) atoms. The largest absolute Gasteiger partial charge is 0.115 e. The van der Waals surface area contributed by atoms with E-state index in [0.29, 0.717) is 0 Å². The SMILES string of the molecule is C#Cc1ccccc1C=C(C)CC. The van der Waals surface area contributed by atoms with E-state index in [9.17, 15) is 0 Å². The summed E-state index contributed by atoms with van der Waals surface area (Å²) in [6.45, 7) is 4.26. The predicted molar refractivity (Wildman–Crippen MR) is 58.3 cm³/mol. The van der Waals surface area contributed by atoms with Crippen molar-refractivity contribution in [2.75, 3.05) is 0 Å². The molecular formula is C13H14. The number of rotatable bonds is 2. The molecule has 0 radical (unpaired) electrons. The Kier molecular flexibility index (Phi) is 3.34. The second kappa shape index (κ2) is 4.52. The monoisotopic (exact) mass is 170 g/mol. The highest BCUT2D eigenvalue weighted by Gasteiger charge is 1.94. The van der Waals surface area contributed by atoms with Gasteiger partial charge < -0.3 is 0 Å². The first-order valence-corrected chi connectivity index (χ1v) is 4.50. The number of benzene rings is 1. The number of terminal acetylenes is 1. The fourth-order valence-corrected chi connectivity index (χ4v) is 1.12. The van der Waals surface area contributed by atoms with E-state index in [1.54, 1.807) is 0 Å². The Bertz CT molecular complexity index is 351. The minimum absolute atomic E-state index is 0.968. The Balaban J connectivity index is 3.09. The molecule has 0 aliphatic carbocycles. The molecule has 0 heteroatoms. The Hall–Kier alpha value is -1.48. The molecule has 0 nitrogen and oxygen atoms in total. The molecule has 0 aliphatic heterocycles. The van der Waals surface area contributed by atoms with Crippen molar-refractivity contribution in [3.63, 3.8) is 0 Å². The topological polar surface area (TPSA) is 0 Å². The molecule has 0 N–H and O–H groups in total. The van der Waals surface area contributed by atoms with Gasteiger partial charge in [-0.15, -0.1) is 6.42 Å². The van der Waals surface area contributed by atoms with Crippen LogP contribution in [0.1, 0.15) is 31.4 Å². The zero-order chi connectivity index (χ0) is 9.68. The van der Waals surface area contributed by atoms with Crippen molar-refractivity contribution in [3.8, 4) is 12.3 Å². The van der Waals surface area contributed by atoms with Gasteiger partial charge in [0.2, 0.25) is 0 Å². The molecule has 0 spiro atoms. The first kappa shape index (κ1) is 9.61. The lowest BCUT2D eigenvalue weighted by Gasteiger charge is -2.00. The van der Waals surface area contributed by atoms with Gasteiger partial charge in [0, 0.05) is 5.56 Å². The third-order valence-corrected chi connectivity index (χ3v) is 2.08. The van der Waals surface area contributed by atoms with Crippen LogP contribution in [0.15, 0.2) is 29.8 Å². The van der Waals surface area contributed by atoms with E-state index in [2.05, 4.69) is 25.8 Å². The normalized spacial score (nSPS) is 11.0. The van der Waals surface area contributed by atoms with Gasteiger partial charge in [0.05, 0.1) is 0 Å². The molecule has 1 aromatic carbocycles. The molecule has 0 heterocycles. The average molecular weight is 170 g/mol. The van der Waals surface area contributed by atoms with E-state index in [0.717, 1.165) is 17.5 Å². The fraction of sp³-hybridized carbons (Fsp3) is 0.231. The third kappa shape index (κ3) is 2.49. The minimum atomic E-state index is 0.968. The summed E-state index contributed by atoms with van der Waals surface area (Å²) in [5.41, 5.74) is 3.46. The first-order chi connectivity index (χ1) is 6.27. The Morgan fingerprint density at radius 1 is 1.46 bits per heavy atom. The highest BCUT2D eigenvalue weighted by atomic mass is 14.0. The van der Waals surface area contributed by atoms with Crippen LogP contribution in [0.2, 0.25) is 0 Å². The van der Waals surface area contributed by atoms with Crippen LogP contribution in [0, 0.1) is 12.3 Å². The maximum absolute atomic E-state index is 5.39. The summed E-state index contributed by atoms with van der Waals surface area (Å²) in [7, 11) is 0. The second-order valence-corrected chi connectivity index (χ2v) is 3.08. The van der Waals surface area contributed by atoms with Gasteiger partial charge >= 0.3 is 0 Å². The van der Waals surface area contributed by atoms with E-state index in [1.165, 1.54) is 5.57 Å². The maximum Gasteiger partial charge on any atom is 0.0314 e. The first-order valence-electron chi connectivity index (χ1n) is 4.50. The summed E-state index contributed by atoms with van der Waals surface area (Å²) in [5, 5.41) is 0. The van der Waals surface area contributed by atoms with Gasteiger partial charge in [0.1, 0.15) is 0 Å². The van der Waals surface area contributed by atoms with Crippen molar-refractivity contribution in [3.05, 3.63) is 41.0 Å². The van der Waals surface area contributed by atoms with E-state index in [4.69, 9.17) is 6.42 Å². The summed E-state index contributed by atoms with van der Waals surface area (Å²) in [4.78, 5) is 0. The standard InChI is InChI=1S/C13H14/c1-4-11(3)10-13-9-7-6-8-12(13)5-2/h2,6-10H,4H2,1,3H3. The highest BCUT2D eigenvalue weighted by Crippen LogP contribution is 2.13. The zero-order valence-electron chi connectivity index (χ0n) is 8.17. The van der Waals surface area contributed by atoms with Crippen LogP contribution >= 0.6 is 0 Å². The molecular weight excluding hydrogens is 156 g/mol. The third-order valence-electron chi connectivity index (χ3n) is 2.08. The van der Waals surface area contributed by atoms with Crippen molar-refractivity contribution < 1.29 is 0 Å². The van der Waals surface area contributed by atoms with Crippen LogP contribution in [-0.4, -0.2) is 0 Å². The van der Waals surface area contributed by atoms with Crippen LogP contribution in [0.3, 0.4) is 0 Å². The van der Waals surface area contributed by atoms with Gasteiger partial charge in [-0.1, -0.05) is 42.7 Å². The molecule has 1 aromatic rings. The number of hydrogen-bond donors (Lipinski definition) is 0. The molecule has 0 saturated heterocycles. The lowest BCUT2D eigenvalue weighted by atomic mass is 10.0. The van der Waals surface area contributed by atoms with Crippen LogP contribution in [0.25, 0.3) is 6.08 Å². The summed E-state index contributed by atoms with van der Waals surface area (Å²) in [5.74, 6) is 2.68.